The Balaban J connectivity index is 1.68. The number of nitrogens with one attached hydrogen (secondary N) is 1. The Morgan fingerprint density at radius 1 is 1.22 bits per heavy atom. The Morgan fingerprint density at radius 2 is 1.89 bits per heavy atom. The zero-order valence-electron chi connectivity index (χ0n) is 16.2. The molecule has 2 heterocycles. The fourth-order valence-electron chi connectivity index (χ4n) is 4.06. The van der Waals surface area contributed by atoms with E-state index in [9.17, 15) is 14.0 Å². The van der Waals surface area contributed by atoms with Crippen molar-refractivity contribution in [3.05, 3.63) is 35.6 Å². The van der Waals surface area contributed by atoms with Gasteiger partial charge in [0.15, 0.2) is 0 Å². The normalized spacial score (nSPS) is 20.5. The minimum absolute atomic E-state index is 0.00203. The van der Waals surface area contributed by atoms with E-state index in [1.165, 1.54) is 12.1 Å². The molecule has 5 nitrogen and oxygen atoms in total. The lowest BCUT2D eigenvalue weighted by molar-refractivity contribution is -0.139. The van der Waals surface area contributed by atoms with E-state index in [4.69, 9.17) is 4.74 Å². The SMILES string of the molecule is CC(C)C(=O)N1CCC(C(=O)NC2(c3cccc(F)c3)CCOCC2)CC1. The Hall–Kier alpha value is -1.95. The maximum absolute atomic E-state index is 13.8. The lowest BCUT2D eigenvalue weighted by Crippen LogP contribution is -2.53. The molecule has 0 bridgehead atoms. The van der Waals surface area contributed by atoms with E-state index in [0.29, 0.717) is 52.0 Å². The second-order valence-electron chi connectivity index (χ2n) is 7.95. The van der Waals surface area contributed by atoms with Gasteiger partial charge in [-0.1, -0.05) is 26.0 Å². The first kappa shape index (κ1) is 19.8. The predicted octanol–water partition coefficient (Wildman–Crippen LogP) is 2.84. The van der Waals surface area contributed by atoms with E-state index in [1.807, 2.05) is 24.8 Å². The van der Waals surface area contributed by atoms with Crippen LogP contribution in [0.1, 0.15) is 45.1 Å². The van der Waals surface area contributed by atoms with Gasteiger partial charge < -0.3 is 15.0 Å². The largest absolute Gasteiger partial charge is 0.381 e. The summed E-state index contributed by atoms with van der Waals surface area (Å²) in [5.41, 5.74) is 0.217. The molecule has 0 atom stereocenters. The van der Waals surface area contributed by atoms with Gasteiger partial charge in [0.25, 0.3) is 0 Å². The van der Waals surface area contributed by atoms with Crippen molar-refractivity contribution in [2.75, 3.05) is 26.3 Å². The summed E-state index contributed by atoms with van der Waals surface area (Å²) in [6.07, 6.45) is 2.60. The maximum Gasteiger partial charge on any atom is 0.225 e. The molecule has 3 rings (SSSR count). The smallest absolute Gasteiger partial charge is 0.225 e. The molecular weight excluding hydrogens is 347 g/mol. The number of carbonyl (C=O) groups excluding carboxylic acids is 2. The van der Waals surface area contributed by atoms with Crippen molar-refractivity contribution in [2.45, 2.75) is 45.1 Å². The average molecular weight is 376 g/mol. The molecule has 2 fully saturated rings. The lowest BCUT2D eigenvalue weighted by Gasteiger charge is -2.40. The summed E-state index contributed by atoms with van der Waals surface area (Å²) in [7, 11) is 0. The highest BCUT2D eigenvalue weighted by Gasteiger charge is 2.38. The standard InChI is InChI=1S/C21H29FN2O3/c1-15(2)20(26)24-10-6-16(7-11-24)19(25)23-21(8-12-27-13-9-21)17-4-3-5-18(22)14-17/h3-5,14-16H,6-13H2,1-2H3,(H,23,25). The van der Waals surface area contributed by atoms with Crippen LogP contribution < -0.4 is 5.32 Å². The molecule has 0 saturated carbocycles. The van der Waals surface area contributed by atoms with Crippen molar-refractivity contribution >= 4 is 11.8 Å². The molecule has 0 aromatic heterocycles. The molecule has 0 aliphatic carbocycles. The molecule has 1 aromatic carbocycles. The van der Waals surface area contributed by atoms with Crippen LogP contribution in [-0.4, -0.2) is 43.0 Å². The van der Waals surface area contributed by atoms with E-state index in [2.05, 4.69) is 5.32 Å². The molecule has 2 aliphatic rings. The minimum atomic E-state index is -0.581. The highest BCUT2D eigenvalue weighted by Crippen LogP contribution is 2.33. The van der Waals surface area contributed by atoms with E-state index in [0.717, 1.165) is 5.56 Å². The first-order valence-electron chi connectivity index (χ1n) is 9.86. The summed E-state index contributed by atoms with van der Waals surface area (Å²) in [5.74, 6) is -0.288. The van der Waals surface area contributed by atoms with Gasteiger partial charge in [0.1, 0.15) is 5.82 Å². The van der Waals surface area contributed by atoms with Crippen LogP contribution in [0.5, 0.6) is 0 Å². The molecule has 0 spiro atoms. The van der Waals surface area contributed by atoms with Gasteiger partial charge >= 0.3 is 0 Å². The number of hydrogen-bond acceptors (Lipinski definition) is 3. The third-order valence-electron chi connectivity index (χ3n) is 5.76. The molecule has 1 N–H and O–H groups in total. The number of halogens is 1. The number of ether oxygens (including phenoxy) is 1. The van der Waals surface area contributed by atoms with Crippen molar-refractivity contribution in [3.8, 4) is 0 Å². The fourth-order valence-corrected chi connectivity index (χ4v) is 4.06. The average Bonchev–Trinajstić information content (AvgIpc) is 2.68. The van der Waals surface area contributed by atoms with Crippen LogP contribution in [0.4, 0.5) is 4.39 Å². The Labute approximate surface area is 160 Å². The fraction of sp³-hybridized carbons (Fsp3) is 0.619. The van der Waals surface area contributed by atoms with E-state index >= 15 is 0 Å². The van der Waals surface area contributed by atoms with Crippen molar-refractivity contribution < 1.29 is 18.7 Å². The maximum atomic E-state index is 13.8. The van der Waals surface area contributed by atoms with Crippen molar-refractivity contribution in [3.63, 3.8) is 0 Å². The summed E-state index contributed by atoms with van der Waals surface area (Å²) in [6, 6.07) is 6.48. The number of nitrogens with zero attached hydrogens (tertiary/aromatic N) is 1. The summed E-state index contributed by atoms with van der Waals surface area (Å²) < 4.78 is 19.3. The summed E-state index contributed by atoms with van der Waals surface area (Å²) in [6.45, 7) is 6.11. The summed E-state index contributed by atoms with van der Waals surface area (Å²) in [5, 5.41) is 3.22. The van der Waals surface area contributed by atoms with Crippen LogP contribution in [0.15, 0.2) is 24.3 Å². The van der Waals surface area contributed by atoms with Crippen LogP contribution in [0, 0.1) is 17.7 Å². The second kappa shape index (κ2) is 8.38. The monoisotopic (exact) mass is 376 g/mol. The lowest BCUT2D eigenvalue weighted by atomic mass is 9.81. The van der Waals surface area contributed by atoms with Crippen LogP contribution in [-0.2, 0) is 19.9 Å². The molecule has 2 amide bonds. The van der Waals surface area contributed by atoms with Gasteiger partial charge in [0.2, 0.25) is 11.8 Å². The van der Waals surface area contributed by atoms with Gasteiger partial charge in [-0.05, 0) is 43.4 Å². The predicted molar refractivity (Wildman–Crippen MR) is 100 cm³/mol. The van der Waals surface area contributed by atoms with Crippen LogP contribution in [0.3, 0.4) is 0 Å². The van der Waals surface area contributed by atoms with Crippen molar-refractivity contribution in [1.29, 1.82) is 0 Å². The summed E-state index contributed by atoms with van der Waals surface area (Å²) in [4.78, 5) is 27.0. The van der Waals surface area contributed by atoms with Crippen LogP contribution >= 0.6 is 0 Å². The zero-order chi connectivity index (χ0) is 19.4. The molecule has 0 radical (unpaired) electrons. The number of likely N-dealkylation sites (tertiary alicyclic amines) is 1. The second-order valence-corrected chi connectivity index (χ2v) is 7.95. The summed E-state index contributed by atoms with van der Waals surface area (Å²) >= 11 is 0. The number of piperidine rings is 1. The van der Waals surface area contributed by atoms with Gasteiger partial charge in [0, 0.05) is 38.1 Å². The Morgan fingerprint density at radius 3 is 2.48 bits per heavy atom. The molecular formula is C21H29FN2O3. The highest BCUT2D eigenvalue weighted by atomic mass is 19.1. The van der Waals surface area contributed by atoms with E-state index < -0.39 is 5.54 Å². The van der Waals surface area contributed by atoms with Crippen LogP contribution in [0.25, 0.3) is 0 Å². The zero-order valence-corrected chi connectivity index (χ0v) is 16.2. The Kier molecular flexibility index (Phi) is 6.15. The Bertz CT molecular complexity index is 678. The third kappa shape index (κ3) is 4.49. The number of carbonyl (C=O) groups is 2. The quantitative estimate of drug-likeness (QED) is 0.879. The minimum Gasteiger partial charge on any atom is -0.381 e. The molecule has 148 valence electrons. The van der Waals surface area contributed by atoms with E-state index in [-0.39, 0.29) is 29.5 Å². The highest BCUT2D eigenvalue weighted by molar-refractivity contribution is 5.81. The molecule has 2 aliphatic heterocycles. The number of hydrogen-bond donors (Lipinski definition) is 1. The van der Waals surface area contributed by atoms with Gasteiger partial charge in [-0.2, -0.15) is 0 Å². The first-order valence-corrected chi connectivity index (χ1v) is 9.86. The molecule has 1 aromatic rings. The number of rotatable bonds is 4. The number of amides is 2. The van der Waals surface area contributed by atoms with Crippen molar-refractivity contribution in [2.24, 2.45) is 11.8 Å². The molecule has 27 heavy (non-hydrogen) atoms. The van der Waals surface area contributed by atoms with E-state index in [1.54, 1.807) is 6.07 Å². The molecule has 6 heteroatoms. The van der Waals surface area contributed by atoms with Crippen molar-refractivity contribution in [1.82, 2.24) is 10.2 Å². The number of benzene rings is 1. The molecule has 2 saturated heterocycles. The van der Waals surface area contributed by atoms with Crippen LogP contribution in [0.2, 0.25) is 0 Å². The van der Waals surface area contributed by atoms with Gasteiger partial charge in [0.05, 0.1) is 5.54 Å². The van der Waals surface area contributed by atoms with Gasteiger partial charge in [-0.15, -0.1) is 0 Å². The topological polar surface area (TPSA) is 58.6 Å². The van der Waals surface area contributed by atoms with Gasteiger partial charge in [-0.3, -0.25) is 9.59 Å². The molecule has 0 unspecified atom stereocenters. The first-order chi connectivity index (χ1) is 12.9. The third-order valence-corrected chi connectivity index (χ3v) is 5.76. The van der Waals surface area contributed by atoms with Gasteiger partial charge in [-0.25, -0.2) is 4.39 Å².